The summed E-state index contributed by atoms with van der Waals surface area (Å²) in [6.07, 6.45) is 11.6. The van der Waals surface area contributed by atoms with Crippen molar-refractivity contribution >= 4 is 0 Å². The molecule has 0 aromatic heterocycles. The van der Waals surface area contributed by atoms with Crippen molar-refractivity contribution in [1.29, 1.82) is 0 Å². The molecule has 2 saturated carbocycles. The molecule has 0 unspecified atom stereocenters. The summed E-state index contributed by atoms with van der Waals surface area (Å²) in [5, 5.41) is 3.84. The first kappa shape index (κ1) is 13.9. The fraction of sp³-hybridized carbons (Fsp3) is 1.00. The van der Waals surface area contributed by atoms with Crippen molar-refractivity contribution in [3.8, 4) is 0 Å². The molecule has 2 nitrogen and oxygen atoms in total. The Bertz CT molecular complexity index is 300. The minimum atomic E-state index is 0.555. The molecule has 0 amide bonds. The highest BCUT2D eigenvalue weighted by Gasteiger charge is 2.38. The third-order valence-corrected chi connectivity index (χ3v) is 5.57. The van der Waals surface area contributed by atoms with Gasteiger partial charge in [-0.15, -0.1) is 0 Å². The fourth-order valence-corrected chi connectivity index (χ4v) is 4.17. The maximum absolute atomic E-state index is 3.84. The maximum atomic E-state index is 3.84. The summed E-state index contributed by atoms with van der Waals surface area (Å²) in [4.78, 5) is 2.76. The summed E-state index contributed by atoms with van der Waals surface area (Å²) in [6, 6.07) is 0.869. The molecule has 3 aliphatic rings. The van der Waals surface area contributed by atoms with Crippen LogP contribution in [0.4, 0.5) is 0 Å². The van der Waals surface area contributed by atoms with Gasteiger partial charge < -0.3 is 10.2 Å². The predicted molar refractivity (Wildman–Crippen MR) is 81.4 cm³/mol. The van der Waals surface area contributed by atoms with Gasteiger partial charge in [0.1, 0.15) is 0 Å². The molecule has 110 valence electrons. The van der Waals surface area contributed by atoms with Gasteiger partial charge in [0.2, 0.25) is 0 Å². The third-order valence-electron chi connectivity index (χ3n) is 5.57. The van der Waals surface area contributed by atoms with E-state index in [1.54, 1.807) is 0 Å². The van der Waals surface area contributed by atoms with Gasteiger partial charge in [-0.1, -0.05) is 33.1 Å². The van der Waals surface area contributed by atoms with Crippen LogP contribution >= 0.6 is 0 Å². The van der Waals surface area contributed by atoms with Gasteiger partial charge in [0, 0.05) is 25.7 Å². The number of nitrogens with one attached hydrogen (secondary N) is 1. The Labute approximate surface area is 119 Å². The summed E-state index contributed by atoms with van der Waals surface area (Å²) < 4.78 is 0. The van der Waals surface area contributed by atoms with Crippen molar-refractivity contribution in [3.05, 3.63) is 0 Å². The molecule has 2 aliphatic carbocycles. The minimum Gasteiger partial charge on any atom is -0.313 e. The Hall–Kier alpha value is -0.0800. The first-order chi connectivity index (χ1) is 9.07. The van der Waals surface area contributed by atoms with E-state index >= 15 is 0 Å². The van der Waals surface area contributed by atoms with E-state index in [-0.39, 0.29) is 0 Å². The molecule has 3 fully saturated rings. The predicted octanol–water partition coefficient (Wildman–Crippen LogP) is 3.42. The lowest BCUT2D eigenvalue weighted by Gasteiger charge is -2.41. The monoisotopic (exact) mass is 264 g/mol. The fourth-order valence-electron chi connectivity index (χ4n) is 4.17. The molecule has 1 heterocycles. The lowest BCUT2D eigenvalue weighted by Crippen LogP contribution is -2.45. The molecule has 2 heteroatoms. The number of likely N-dealkylation sites (tertiary alicyclic amines) is 1. The van der Waals surface area contributed by atoms with Gasteiger partial charge in [-0.2, -0.15) is 0 Å². The molecule has 0 spiro atoms. The molecule has 1 aliphatic heterocycles. The van der Waals surface area contributed by atoms with E-state index in [4.69, 9.17) is 0 Å². The van der Waals surface area contributed by atoms with Crippen LogP contribution in [0.2, 0.25) is 0 Å². The summed E-state index contributed by atoms with van der Waals surface area (Å²) in [7, 11) is 0. The second-order valence-corrected chi connectivity index (χ2v) is 8.34. The second-order valence-electron chi connectivity index (χ2n) is 8.34. The van der Waals surface area contributed by atoms with Crippen molar-refractivity contribution in [3.63, 3.8) is 0 Å². The molecule has 0 radical (unpaired) electrons. The first-order valence-electron chi connectivity index (χ1n) is 8.53. The highest BCUT2D eigenvalue weighted by atomic mass is 15.2. The normalized spacial score (nSPS) is 30.6. The van der Waals surface area contributed by atoms with Crippen molar-refractivity contribution in [2.24, 2.45) is 10.8 Å². The molecular formula is C17H32N2. The van der Waals surface area contributed by atoms with E-state index in [0.29, 0.717) is 10.8 Å². The average molecular weight is 264 g/mol. The van der Waals surface area contributed by atoms with E-state index in [9.17, 15) is 0 Å². The Morgan fingerprint density at radius 3 is 2.37 bits per heavy atom. The van der Waals surface area contributed by atoms with Crippen LogP contribution < -0.4 is 5.32 Å². The molecule has 1 saturated heterocycles. The molecule has 0 atom stereocenters. The van der Waals surface area contributed by atoms with Crippen LogP contribution in [0.25, 0.3) is 0 Å². The molecule has 1 N–H and O–H groups in total. The van der Waals surface area contributed by atoms with Gasteiger partial charge in [-0.3, -0.25) is 0 Å². The Morgan fingerprint density at radius 1 is 1.05 bits per heavy atom. The minimum absolute atomic E-state index is 0.555. The molecule has 3 rings (SSSR count). The van der Waals surface area contributed by atoms with E-state index in [0.717, 1.165) is 6.04 Å². The van der Waals surface area contributed by atoms with Crippen LogP contribution in [0.15, 0.2) is 0 Å². The van der Waals surface area contributed by atoms with Gasteiger partial charge in [-0.25, -0.2) is 0 Å². The Kier molecular flexibility index (Phi) is 3.92. The van der Waals surface area contributed by atoms with Crippen LogP contribution in [-0.2, 0) is 0 Å². The zero-order valence-electron chi connectivity index (χ0n) is 13.0. The topological polar surface area (TPSA) is 15.3 Å². The van der Waals surface area contributed by atoms with Gasteiger partial charge >= 0.3 is 0 Å². The lowest BCUT2D eigenvalue weighted by atomic mass is 9.73. The highest BCUT2D eigenvalue weighted by Crippen LogP contribution is 2.39. The van der Waals surface area contributed by atoms with Crippen molar-refractivity contribution in [2.45, 2.75) is 71.3 Å². The Balaban J connectivity index is 1.58. The Morgan fingerprint density at radius 2 is 1.79 bits per heavy atom. The maximum Gasteiger partial charge on any atom is 0.00684 e. The smallest absolute Gasteiger partial charge is 0.00684 e. The van der Waals surface area contributed by atoms with Crippen LogP contribution in [0.3, 0.4) is 0 Å². The molecular weight excluding hydrogens is 232 g/mol. The van der Waals surface area contributed by atoms with Crippen LogP contribution in [-0.4, -0.2) is 37.1 Å². The van der Waals surface area contributed by atoms with Crippen molar-refractivity contribution in [2.75, 3.05) is 26.2 Å². The third kappa shape index (κ3) is 3.72. The van der Waals surface area contributed by atoms with Gasteiger partial charge in [0.15, 0.2) is 0 Å². The molecule has 0 aromatic rings. The number of hydrogen-bond donors (Lipinski definition) is 1. The van der Waals surface area contributed by atoms with Crippen LogP contribution in [0.1, 0.15) is 65.2 Å². The van der Waals surface area contributed by atoms with Crippen LogP contribution in [0, 0.1) is 10.8 Å². The summed E-state index contributed by atoms with van der Waals surface area (Å²) in [6.45, 7) is 10.2. The zero-order valence-corrected chi connectivity index (χ0v) is 13.0. The van der Waals surface area contributed by atoms with Gasteiger partial charge in [0.05, 0.1) is 0 Å². The van der Waals surface area contributed by atoms with Crippen molar-refractivity contribution in [1.82, 2.24) is 10.2 Å². The first-order valence-corrected chi connectivity index (χ1v) is 8.53. The second kappa shape index (κ2) is 5.37. The average Bonchev–Trinajstić information content (AvgIpc) is 3.14. The SMILES string of the molecule is CC1(C)CCN(CC2(CNC3CC3)CCCCC2)C1. The van der Waals surface area contributed by atoms with Crippen LogP contribution in [0.5, 0.6) is 0 Å². The van der Waals surface area contributed by atoms with E-state index in [1.807, 2.05) is 0 Å². The van der Waals surface area contributed by atoms with Gasteiger partial charge in [-0.05, 0) is 49.5 Å². The summed E-state index contributed by atoms with van der Waals surface area (Å²) in [5.74, 6) is 0. The summed E-state index contributed by atoms with van der Waals surface area (Å²) >= 11 is 0. The zero-order chi connectivity index (χ0) is 13.3. The van der Waals surface area contributed by atoms with E-state index in [2.05, 4.69) is 24.1 Å². The van der Waals surface area contributed by atoms with Gasteiger partial charge in [0.25, 0.3) is 0 Å². The number of rotatable bonds is 5. The molecule has 0 aromatic carbocycles. The molecule has 19 heavy (non-hydrogen) atoms. The van der Waals surface area contributed by atoms with E-state index in [1.165, 1.54) is 77.5 Å². The number of hydrogen-bond acceptors (Lipinski definition) is 2. The van der Waals surface area contributed by atoms with Crippen molar-refractivity contribution < 1.29 is 0 Å². The highest BCUT2D eigenvalue weighted by molar-refractivity contribution is 4.94. The van der Waals surface area contributed by atoms with E-state index < -0.39 is 0 Å². The quantitative estimate of drug-likeness (QED) is 0.818. The molecule has 0 bridgehead atoms. The lowest BCUT2D eigenvalue weighted by molar-refractivity contribution is 0.110. The largest absolute Gasteiger partial charge is 0.313 e. The summed E-state index contributed by atoms with van der Waals surface area (Å²) in [5.41, 5.74) is 1.15. The number of nitrogens with zero attached hydrogens (tertiary/aromatic N) is 1. The standard InChI is InChI=1S/C17H32N2/c1-16(2)10-11-19(13-16)14-17(8-4-3-5-9-17)12-18-15-6-7-15/h15,18H,3-14H2,1-2H3.